The number of allylic oxidation sites excluding steroid dienone is 2. The van der Waals surface area contributed by atoms with E-state index >= 15 is 0 Å². The minimum atomic E-state index is -0.181. The van der Waals surface area contributed by atoms with Crippen LogP contribution in [0.2, 0.25) is 0 Å². The molecule has 3 N–H and O–H groups in total. The van der Waals surface area contributed by atoms with Gasteiger partial charge in [-0.1, -0.05) is 18.2 Å². The fourth-order valence-electron chi connectivity index (χ4n) is 0.558. The van der Waals surface area contributed by atoms with Crippen LogP contribution in [0.15, 0.2) is 24.3 Å². The van der Waals surface area contributed by atoms with Crippen LogP contribution in [-0.4, -0.2) is 11.8 Å². The molecule has 2 nitrogen and oxygen atoms in total. The molecule has 50 valence electrons. The van der Waals surface area contributed by atoms with Gasteiger partial charge in [0, 0.05) is 17.1 Å². The maximum absolute atomic E-state index is 7.13. The molecule has 1 aliphatic carbocycles. The van der Waals surface area contributed by atoms with E-state index in [0.29, 0.717) is 5.71 Å². The van der Waals surface area contributed by atoms with Gasteiger partial charge in [0.1, 0.15) is 0 Å². The summed E-state index contributed by atoms with van der Waals surface area (Å²) in [5.74, 6) is 0. The summed E-state index contributed by atoms with van der Waals surface area (Å²) in [6.45, 7) is 0. The summed E-state index contributed by atoms with van der Waals surface area (Å²) in [6.07, 6.45) is 7.15. The molecule has 0 aromatic carbocycles. The van der Waals surface area contributed by atoms with Gasteiger partial charge in [-0.25, -0.2) is 0 Å². The normalized spacial score (nSPS) is 23.7. The molecule has 0 radical (unpaired) electrons. The van der Waals surface area contributed by atoms with Crippen LogP contribution in [0.25, 0.3) is 0 Å². The third-order valence-electron chi connectivity index (χ3n) is 1.06. The molecule has 0 aliphatic heterocycles. The summed E-state index contributed by atoms with van der Waals surface area (Å²) in [7, 11) is 0. The van der Waals surface area contributed by atoms with Gasteiger partial charge in [-0.05, 0) is 6.08 Å². The van der Waals surface area contributed by atoms with Gasteiger partial charge in [-0.15, -0.1) is 0 Å². The maximum atomic E-state index is 7.13. The van der Waals surface area contributed by atoms with Crippen molar-refractivity contribution in [3.63, 3.8) is 0 Å². The predicted molar refractivity (Wildman–Crippen MR) is 34.0 cm³/mol. The Morgan fingerprint density at radius 1 is 1.44 bits per heavy atom. The third-order valence-corrected chi connectivity index (χ3v) is 1.06. The van der Waals surface area contributed by atoms with Gasteiger partial charge in [0.15, 0.2) is 0 Å². The minimum Gasteiger partial charge on any atom is -0.319 e. The van der Waals surface area contributed by atoms with Gasteiger partial charge < -0.3 is 11.1 Å². The summed E-state index contributed by atoms with van der Waals surface area (Å²) < 4.78 is 0. The van der Waals surface area contributed by atoms with E-state index in [2.05, 4.69) is 0 Å². The minimum absolute atomic E-state index is 0. The SMILES string of the molecule is N=C1C=CC=CC1N.[Fe]. The molecular formula is C6H8FeN2. The smallest absolute Gasteiger partial charge is 0.0652 e. The van der Waals surface area contributed by atoms with E-state index in [1.165, 1.54) is 0 Å². The zero-order valence-electron chi connectivity index (χ0n) is 4.82. The Morgan fingerprint density at radius 2 is 2.11 bits per heavy atom. The Morgan fingerprint density at radius 3 is 2.44 bits per heavy atom. The summed E-state index contributed by atoms with van der Waals surface area (Å²) in [5, 5.41) is 7.13. The van der Waals surface area contributed by atoms with Crippen molar-refractivity contribution in [3.05, 3.63) is 24.3 Å². The second-order valence-corrected chi connectivity index (χ2v) is 1.73. The first kappa shape index (κ1) is 8.63. The van der Waals surface area contributed by atoms with Crippen molar-refractivity contribution in [2.45, 2.75) is 6.04 Å². The first-order valence-electron chi connectivity index (χ1n) is 2.49. The van der Waals surface area contributed by atoms with Gasteiger partial charge >= 0.3 is 0 Å². The van der Waals surface area contributed by atoms with Gasteiger partial charge in [0.05, 0.1) is 11.8 Å². The molecule has 1 rings (SSSR count). The van der Waals surface area contributed by atoms with E-state index in [1.807, 2.05) is 12.2 Å². The van der Waals surface area contributed by atoms with Crippen LogP contribution < -0.4 is 5.73 Å². The quantitative estimate of drug-likeness (QED) is 0.502. The van der Waals surface area contributed by atoms with E-state index in [1.54, 1.807) is 12.2 Å². The van der Waals surface area contributed by atoms with E-state index in [9.17, 15) is 0 Å². The topological polar surface area (TPSA) is 49.9 Å². The average Bonchev–Trinajstić information content (AvgIpc) is 1.77. The molecule has 0 aromatic heterocycles. The number of rotatable bonds is 0. The summed E-state index contributed by atoms with van der Waals surface area (Å²) >= 11 is 0. The largest absolute Gasteiger partial charge is 0.319 e. The van der Waals surface area contributed by atoms with Crippen molar-refractivity contribution < 1.29 is 17.1 Å². The van der Waals surface area contributed by atoms with E-state index in [0.717, 1.165) is 0 Å². The van der Waals surface area contributed by atoms with Crippen LogP contribution in [0.3, 0.4) is 0 Å². The van der Waals surface area contributed by atoms with Crippen LogP contribution in [0.5, 0.6) is 0 Å². The Kier molecular flexibility index (Phi) is 3.47. The molecule has 0 saturated heterocycles. The van der Waals surface area contributed by atoms with Crippen molar-refractivity contribution >= 4 is 5.71 Å². The number of nitrogens with two attached hydrogens (primary N) is 1. The zero-order chi connectivity index (χ0) is 5.98. The van der Waals surface area contributed by atoms with Crippen LogP contribution in [0.1, 0.15) is 0 Å². The van der Waals surface area contributed by atoms with E-state index in [-0.39, 0.29) is 23.1 Å². The molecule has 0 fully saturated rings. The van der Waals surface area contributed by atoms with E-state index < -0.39 is 0 Å². The second kappa shape index (κ2) is 3.62. The van der Waals surface area contributed by atoms with Crippen molar-refractivity contribution in [2.24, 2.45) is 5.73 Å². The molecule has 3 heteroatoms. The molecule has 1 unspecified atom stereocenters. The van der Waals surface area contributed by atoms with Crippen LogP contribution >= 0.6 is 0 Å². The molecule has 0 amide bonds. The first-order chi connectivity index (χ1) is 3.80. The fourth-order valence-corrected chi connectivity index (χ4v) is 0.558. The number of hydrogen-bond donors (Lipinski definition) is 2. The second-order valence-electron chi connectivity index (χ2n) is 1.73. The molecule has 1 aliphatic rings. The summed E-state index contributed by atoms with van der Waals surface area (Å²) in [4.78, 5) is 0. The van der Waals surface area contributed by atoms with Gasteiger partial charge in [0.2, 0.25) is 0 Å². The Labute approximate surface area is 64.8 Å². The van der Waals surface area contributed by atoms with Crippen LogP contribution in [-0.2, 0) is 17.1 Å². The first-order valence-corrected chi connectivity index (χ1v) is 2.49. The molecule has 0 saturated carbocycles. The zero-order valence-corrected chi connectivity index (χ0v) is 5.92. The molecular weight excluding hydrogens is 156 g/mol. The molecule has 0 bridgehead atoms. The van der Waals surface area contributed by atoms with Gasteiger partial charge in [-0.2, -0.15) is 0 Å². The van der Waals surface area contributed by atoms with Gasteiger partial charge in [-0.3, -0.25) is 0 Å². The predicted octanol–water partition coefficient (Wildman–Crippen LogP) is 0.457. The van der Waals surface area contributed by atoms with Crippen molar-refractivity contribution in [2.75, 3.05) is 0 Å². The monoisotopic (exact) mass is 164 g/mol. The van der Waals surface area contributed by atoms with Crippen molar-refractivity contribution in [3.8, 4) is 0 Å². The number of hydrogen-bond acceptors (Lipinski definition) is 2. The molecule has 1 atom stereocenters. The average molecular weight is 164 g/mol. The molecule has 0 spiro atoms. The van der Waals surface area contributed by atoms with Crippen LogP contribution in [0.4, 0.5) is 0 Å². The van der Waals surface area contributed by atoms with Crippen molar-refractivity contribution in [1.82, 2.24) is 0 Å². The summed E-state index contributed by atoms with van der Waals surface area (Å²) in [6, 6.07) is -0.181. The molecule has 0 heterocycles. The van der Waals surface area contributed by atoms with E-state index in [4.69, 9.17) is 11.1 Å². The maximum Gasteiger partial charge on any atom is 0.0652 e. The Hall–Kier alpha value is -0.371. The molecule has 9 heavy (non-hydrogen) atoms. The standard InChI is InChI=1S/C6H8N2.Fe/c7-5-3-1-2-4-6(5)8;/h1-5,8H,7H2;. The Balaban J connectivity index is 0.000000640. The van der Waals surface area contributed by atoms with Crippen molar-refractivity contribution in [1.29, 1.82) is 5.41 Å². The fraction of sp³-hybridized carbons (Fsp3) is 0.167. The summed E-state index contributed by atoms with van der Waals surface area (Å²) in [5.41, 5.74) is 5.89. The third kappa shape index (κ3) is 2.14. The van der Waals surface area contributed by atoms with Crippen LogP contribution in [0, 0.1) is 5.41 Å². The Bertz CT molecular complexity index is 160. The molecule has 0 aromatic rings. The van der Waals surface area contributed by atoms with Gasteiger partial charge in [0.25, 0.3) is 0 Å². The number of nitrogens with one attached hydrogen (secondary N) is 1.